The predicted molar refractivity (Wildman–Crippen MR) is 50.0 cm³/mol. The van der Waals surface area contributed by atoms with Crippen molar-refractivity contribution in [1.82, 2.24) is 10.2 Å². The Morgan fingerprint density at radius 2 is 1.91 bits per heavy atom. The molecule has 2 nitrogen and oxygen atoms in total. The van der Waals surface area contributed by atoms with Crippen molar-refractivity contribution in [1.29, 1.82) is 0 Å². The number of aryl methyl sites for hydroxylation is 2. The van der Waals surface area contributed by atoms with Crippen LogP contribution in [0, 0.1) is 6.92 Å². The Hall–Kier alpha value is -0.440. The van der Waals surface area contributed by atoms with Gasteiger partial charge in [0.25, 0.3) is 0 Å². The zero-order valence-corrected chi connectivity index (χ0v) is 8.53. The fraction of sp³-hybridized carbons (Fsp3) is 0.750. The predicted octanol–water partition coefficient (Wildman–Crippen LogP) is 2.83. The highest BCUT2D eigenvalue weighted by Gasteiger charge is 1.96. The van der Waals surface area contributed by atoms with E-state index in [2.05, 4.69) is 17.1 Å². The Kier molecular flexibility index (Phi) is 6.03. The molecule has 0 amide bonds. The fourth-order valence-electron chi connectivity index (χ4n) is 0.652. The second-order valence-corrected chi connectivity index (χ2v) is 3.23. The first-order valence-electron chi connectivity index (χ1n) is 4.12. The first-order chi connectivity index (χ1) is 5.33. The normalized spacial score (nSPS) is 8.73. The molecule has 0 N–H and O–H groups in total. The highest BCUT2D eigenvalue weighted by atomic mass is 32.1. The Balaban J connectivity index is 0.000000461. The smallest absolute Gasteiger partial charge is 0.117 e. The lowest BCUT2D eigenvalue weighted by atomic mass is 10.4. The third-order valence-corrected chi connectivity index (χ3v) is 1.93. The number of nitrogens with zero attached hydrogens (tertiary/aromatic N) is 2. The first-order valence-corrected chi connectivity index (χ1v) is 4.93. The monoisotopic (exact) mass is 172 g/mol. The van der Waals surface area contributed by atoms with Crippen LogP contribution in [0.25, 0.3) is 0 Å². The van der Waals surface area contributed by atoms with Crippen LogP contribution >= 0.6 is 11.3 Å². The molecule has 0 aliphatic carbocycles. The van der Waals surface area contributed by atoms with Crippen LogP contribution in [-0.4, -0.2) is 10.2 Å². The number of rotatable bonds is 2. The van der Waals surface area contributed by atoms with Crippen LogP contribution in [0.15, 0.2) is 0 Å². The van der Waals surface area contributed by atoms with Crippen molar-refractivity contribution in [2.75, 3.05) is 0 Å². The molecule has 0 saturated heterocycles. The molecule has 3 heteroatoms. The van der Waals surface area contributed by atoms with E-state index >= 15 is 0 Å². The van der Waals surface area contributed by atoms with Crippen molar-refractivity contribution in [3.05, 3.63) is 10.0 Å². The Morgan fingerprint density at radius 3 is 2.27 bits per heavy atom. The lowest BCUT2D eigenvalue weighted by molar-refractivity contribution is 0.874. The molecule has 1 heterocycles. The van der Waals surface area contributed by atoms with Crippen molar-refractivity contribution in [2.24, 2.45) is 0 Å². The lowest BCUT2D eigenvalue weighted by Gasteiger charge is -1.83. The Morgan fingerprint density at radius 1 is 1.27 bits per heavy atom. The molecule has 0 saturated carbocycles. The minimum atomic E-state index is 1.07. The van der Waals surface area contributed by atoms with Gasteiger partial charge in [0.2, 0.25) is 0 Å². The van der Waals surface area contributed by atoms with Crippen molar-refractivity contribution in [2.45, 2.75) is 40.5 Å². The fourth-order valence-corrected chi connectivity index (χ4v) is 1.46. The molecule has 0 unspecified atom stereocenters. The molecule has 0 aromatic carbocycles. The van der Waals surface area contributed by atoms with Crippen molar-refractivity contribution < 1.29 is 0 Å². The van der Waals surface area contributed by atoms with Gasteiger partial charge in [0.15, 0.2) is 0 Å². The average Bonchev–Trinajstić information content (AvgIpc) is 2.41. The van der Waals surface area contributed by atoms with Gasteiger partial charge >= 0.3 is 0 Å². The second-order valence-electron chi connectivity index (χ2n) is 1.96. The van der Waals surface area contributed by atoms with Gasteiger partial charge < -0.3 is 0 Å². The molecule has 0 fully saturated rings. The third-order valence-electron chi connectivity index (χ3n) is 1.03. The van der Waals surface area contributed by atoms with E-state index in [0.29, 0.717) is 0 Å². The largest absolute Gasteiger partial charge is 0.144 e. The molecule has 1 rings (SSSR count). The van der Waals surface area contributed by atoms with Crippen LogP contribution in [0.2, 0.25) is 0 Å². The maximum absolute atomic E-state index is 3.97. The van der Waals surface area contributed by atoms with Gasteiger partial charge in [-0.3, -0.25) is 0 Å². The van der Waals surface area contributed by atoms with Crippen LogP contribution in [0.4, 0.5) is 0 Å². The van der Waals surface area contributed by atoms with Crippen molar-refractivity contribution >= 4 is 11.3 Å². The molecule has 11 heavy (non-hydrogen) atoms. The molecule has 0 aliphatic rings. The summed E-state index contributed by atoms with van der Waals surface area (Å²) in [6.45, 7) is 8.13. The highest BCUT2D eigenvalue weighted by molar-refractivity contribution is 7.11. The Bertz CT molecular complexity index is 184. The zero-order chi connectivity index (χ0) is 8.69. The van der Waals surface area contributed by atoms with E-state index in [9.17, 15) is 0 Å². The summed E-state index contributed by atoms with van der Waals surface area (Å²) in [4.78, 5) is 0. The second kappa shape index (κ2) is 6.28. The van der Waals surface area contributed by atoms with E-state index in [4.69, 9.17) is 0 Å². The maximum Gasteiger partial charge on any atom is 0.117 e. The van der Waals surface area contributed by atoms with E-state index < -0.39 is 0 Å². The van der Waals surface area contributed by atoms with Crippen LogP contribution in [0.5, 0.6) is 0 Å². The van der Waals surface area contributed by atoms with Gasteiger partial charge in [-0.05, 0) is 13.3 Å². The number of hydrogen-bond donors (Lipinski definition) is 0. The summed E-state index contributed by atoms with van der Waals surface area (Å²) in [6.07, 6.45) is 2.24. The van der Waals surface area contributed by atoms with Crippen LogP contribution < -0.4 is 0 Å². The molecule has 1 aromatic heterocycles. The van der Waals surface area contributed by atoms with Crippen molar-refractivity contribution in [3.63, 3.8) is 0 Å². The molecular formula is C8H16N2S. The molecule has 1 aromatic rings. The summed E-state index contributed by atoms with van der Waals surface area (Å²) in [7, 11) is 0. The summed E-state index contributed by atoms with van der Waals surface area (Å²) in [5, 5.41) is 10.1. The SMILES string of the molecule is CC.CCCc1nnc(C)s1. The summed E-state index contributed by atoms with van der Waals surface area (Å²) >= 11 is 1.69. The molecule has 0 radical (unpaired) electrons. The van der Waals surface area contributed by atoms with Gasteiger partial charge in [0.1, 0.15) is 10.0 Å². The molecule has 0 atom stereocenters. The average molecular weight is 172 g/mol. The zero-order valence-electron chi connectivity index (χ0n) is 7.72. The standard InChI is InChI=1S/C6H10N2S.C2H6/c1-3-4-6-8-7-5(2)9-6;1-2/h3-4H2,1-2H3;1-2H3. The van der Waals surface area contributed by atoms with Gasteiger partial charge in [0.05, 0.1) is 0 Å². The van der Waals surface area contributed by atoms with Crippen molar-refractivity contribution in [3.8, 4) is 0 Å². The molecule has 64 valence electrons. The molecule has 0 aliphatic heterocycles. The van der Waals surface area contributed by atoms with Gasteiger partial charge in [0, 0.05) is 6.42 Å². The van der Waals surface area contributed by atoms with E-state index in [0.717, 1.165) is 22.9 Å². The van der Waals surface area contributed by atoms with Gasteiger partial charge in [-0.25, -0.2) is 0 Å². The van der Waals surface area contributed by atoms with Crippen LogP contribution in [0.3, 0.4) is 0 Å². The molecular weight excluding hydrogens is 156 g/mol. The van der Waals surface area contributed by atoms with Crippen LogP contribution in [-0.2, 0) is 6.42 Å². The summed E-state index contributed by atoms with van der Waals surface area (Å²) in [6, 6.07) is 0. The lowest BCUT2D eigenvalue weighted by Crippen LogP contribution is -1.79. The molecule has 0 bridgehead atoms. The number of hydrogen-bond acceptors (Lipinski definition) is 3. The minimum Gasteiger partial charge on any atom is -0.144 e. The topological polar surface area (TPSA) is 25.8 Å². The quantitative estimate of drug-likeness (QED) is 0.685. The van der Waals surface area contributed by atoms with Crippen LogP contribution in [0.1, 0.15) is 37.2 Å². The third kappa shape index (κ3) is 4.09. The van der Waals surface area contributed by atoms with E-state index in [1.807, 2.05) is 20.8 Å². The summed E-state index contributed by atoms with van der Waals surface area (Å²) in [5.74, 6) is 0. The minimum absolute atomic E-state index is 1.07. The highest BCUT2D eigenvalue weighted by Crippen LogP contribution is 2.09. The number of aromatic nitrogens is 2. The molecule has 0 spiro atoms. The van der Waals surface area contributed by atoms with Gasteiger partial charge in [-0.15, -0.1) is 21.5 Å². The Labute approximate surface area is 72.7 Å². The summed E-state index contributed by atoms with van der Waals surface area (Å²) in [5.41, 5.74) is 0. The van der Waals surface area contributed by atoms with E-state index in [1.54, 1.807) is 11.3 Å². The van der Waals surface area contributed by atoms with E-state index in [1.165, 1.54) is 0 Å². The first kappa shape index (κ1) is 10.6. The van der Waals surface area contributed by atoms with Gasteiger partial charge in [-0.1, -0.05) is 20.8 Å². The maximum atomic E-state index is 3.97. The van der Waals surface area contributed by atoms with Gasteiger partial charge in [-0.2, -0.15) is 0 Å². The summed E-state index contributed by atoms with van der Waals surface area (Å²) < 4.78 is 0. The van der Waals surface area contributed by atoms with E-state index in [-0.39, 0.29) is 0 Å².